The molecule has 1 fully saturated rings. The number of aryl methyl sites for hydroxylation is 1. The van der Waals surface area contributed by atoms with Crippen LogP contribution < -0.4 is 15.4 Å². The van der Waals surface area contributed by atoms with Gasteiger partial charge >= 0.3 is 0 Å². The number of aromatic nitrogens is 2. The molecule has 1 aromatic carbocycles. The van der Waals surface area contributed by atoms with Gasteiger partial charge in [0.05, 0.1) is 30.7 Å². The van der Waals surface area contributed by atoms with Gasteiger partial charge in [-0.05, 0) is 12.1 Å². The van der Waals surface area contributed by atoms with Crippen molar-refractivity contribution in [3.63, 3.8) is 0 Å². The predicted octanol–water partition coefficient (Wildman–Crippen LogP) is 0.922. The lowest BCUT2D eigenvalue weighted by molar-refractivity contribution is -0.384. The molecular formula is C17H22N6O4. The number of hydrogen-bond donors (Lipinski definition) is 2. The number of anilines is 1. The van der Waals surface area contributed by atoms with Gasteiger partial charge < -0.3 is 19.9 Å². The molecular weight excluding hydrogens is 352 g/mol. The minimum absolute atomic E-state index is 0.0460. The highest BCUT2D eigenvalue weighted by molar-refractivity contribution is 5.94. The van der Waals surface area contributed by atoms with Gasteiger partial charge in [-0.15, -0.1) is 0 Å². The number of rotatable bonds is 6. The van der Waals surface area contributed by atoms with Crippen LogP contribution in [0.1, 0.15) is 11.9 Å². The van der Waals surface area contributed by atoms with E-state index >= 15 is 0 Å². The summed E-state index contributed by atoms with van der Waals surface area (Å²) in [5, 5.41) is 17.2. The van der Waals surface area contributed by atoms with Crippen LogP contribution >= 0.6 is 0 Å². The molecule has 10 nitrogen and oxygen atoms in total. The van der Waals surface area contributed by atoms with Crippen molar-refractivity contribution in [2.75, 3.05) is 38.6 Å². The molecule has 1 unspecified atom stereocenters. The Morgan fingerprint density at radius 3 is 3.00 bits per heavy atom. The summed E-state index contributed by atoms with van der Waals surface area (Å²) in [7, 11) is 3.34. The minimum Gasteiger partial charge on any atom is -0.496 e. The summed E-state index contributed by atoms with van der Waals surface area (Å²) in [6, 6.07) is 4.29. The average Bonchev–Trinajstić information content (AvgIpc) is 3.08. The van der Waals surface area contributed by atoms with E-state index < -0.39 is 4.92 Å². The molecule has 0 spiro atoms. The Kier molecular flexibility index (Phi) is 5.67. The number of hydrogen-bond acceptors (Lipinski definition) is 7. The van der Waals surface area contributed by atoms with Gasteiger partial charge in [0.2, 0.25) is 5.91 Å². The zero-order chi connectivity index (χ0) is 19.4. The molecule has 1 atom stereocenters. The van der Waals surface area contributed by atoms with Gasteiger partial charge in [-0.3, -0.25) is 19.8 Å². The predicted molar refractivity (Wildman–Crippen MR) is 98.7 cm³/mol. The molecule has 0 saturated carbocycles. The summed E-state index contributed by atoms with van der Waals surface area (Å²) >= 11 is 0. The number of carbonyl (C=O) groups is 1. The van der Waals surface area contributed by atoms with Crippen LogP contribution in [0.5, 0.6) is 5.75 Å². The number of nitro groups is 1. The Balaban J connectivity index is 1.73. The summed E-state index contributed by atoms with van der Waals surface area (Å²) in [5.41, 5.74) is -0.0573. The monoisotopic (exact) mass is 374 g/mol. The van der Waals surface area contributed by atoms with E-state index in [-0.39, 0.29) is 29.9 Å². The average molecular weight is 374 g/mol. The molecule has 1 aliphatic heterocycles. The molecule has 1 amide bonds. The van der Waals surface area contributed by atoms with Crippen molar-refractivity contribution in [2.24, 2.45) is 7.05 Å². The quantitative estimate of drug-likeness (QED) is 0.571. The second kappa shape index (κ2) is 8.14. The number of benzene rings is 1. The molecule has 27 heavy (non-hydrogen) atoms. The van der Waals surface area contributed by atoms with Gasteiger partial charge in [-0.2, -0.15) is 0 Å². The van der Waals surface area contributed by atoms with Crippen molar-refractivity contribution >= 4 is 17.3 Å². The zero-order valence-corrected chi connectivity index (χ0v) is 15.2. The fourth-order valence-electron chi connectivity index (χ4n) is 3.16. The molecule has 2 aromatic rings. The normalized spacial score (nSPS) is 17.5. The first-order valence-corrected chi connectivity index (χ1v) is 8.54. The lowest BCUT2D eigenvalue weighted by atomic mass is 10.1. The fourth-order valence-corrected chi connectivity index (χ4v) is 3.16. The summed E-state index contributed by atoms with van der Waals surface area (Å²) in [4.78, 5) is 29.7. The van der Waals surface area contributed by atoms with Gasteiger partial charge in [0, 0.05) is 39.1 Å². The number of imidazole rings is 1. The lowest BCUT2D eigenvalue weighted by Crippen LogP contribution is -2.49. The minimum atomic E-state index is -0.542. The molecule has 10 heteroatoms. The largest absolute Gasteiger partial charge is 0.496 e. The molecule has 0 bridgehead atoms. The Morgan fingerprint density at radius 1 is 1.52 bits per heavy atom. The number of carbonyl (C=O) groups excluding carboxylic acids is 1. The SMILES string of the molecule is COc1ccc(NC(=O)CN2CCNCC2c2nccn2C)c([N+](=O)[O-])c1. The van der Waals surface area contributed by atoms with Gasteiger partial charge in [0.1, 0.15) is 17.3 Å². The van der Waals surface area contributed by atoms with Crippen LogP contribution in [-0.2, 0) is 11.8 Å². The zero-order valence-electron chi connectivity index (χ0n) is 15.2. The van der Waals surface area contributed by atoms with E-state index in [1.165, 1.54) is 19.2 Å². The molecule has 1 aliphatic rings. The van der Waals surface area contributed by atoms with Gasteiger partial charge in [-0.25, -0.2) is 4.98 Å². The van der Waals surface area contributed by atoms with Crippen LogP contribution in [0.3, 0.4) is 0 Å². The van der Waals surface area contributed by atoms with Crippen molar-refractivity contribution < 1.29 is 14.5 Å². The van der Waals surface area contributed by atoms with Crippen molar-refractivity contribution in [3.05, 3.63) is 46.5 Å². The number of nitro benzene ring substituents is 1. The first-order chi connectivity index (χ1) is 13.0. The van der Waals surface area contributed by atoms with E-state index in [9.17, 15) is 14.9 Å². The number of methoxy groups -OCH3 is 1. The maximum Gasteiger partial charge on any atom is 0.296 e. The second-order valence-electron chi connectivity index (χ2n) is 6.28. The van der Waals surface area contributed by atoms with Crippen LogP contribution in [0.2, 0.25) is 0 Å². The highest BCUT2D eigenvalue weighted by atomic mass is 16.6. The molecule has 2 N–H and O–H groups in total. The smallest absolute Gasteiger partial charge is 0.296 e. The van der Waals surface area contributed by atoms with E-state index in [2.05, 4.69) is 15.6 Å². The van der Waals surface area contributed by atoms with Crippen molar-refractivity contribution in [1.29, 1.82) is 0 Å². The van der Waals surface area contributed by atoms with Crippen molar-refractivity contribution in [1.82, 2.24) is 19.8 Å². The van der Waals surface area contributed by atoms with Crippen molar-refractivity contribution in [3.8, 4) is 5.75 Å². The number of ether oxygens (including phenoxy) is 1. The second-order valence-corrected chi connectivity index (χ2v) is 6.28. The van der Waals surface area contributed by atoms with Gasteiger partial charge in [0.25, 0.3) is 5.69 Å². The Bertz CT molecular complexity index is 837. The number of piperazine rings is 1. The van der Waals surface area contributed by atoms with Crippen LogP contribution in [-0.4, -0.2) is 58.6 Å². The summed E-state index contributed by atoms with van der Waals surface area (Å²) in [6.07, 6.45) is 3.59. The maximum absolute atomic E-state index is 12.6. The first-order valence-electron chi connectivity index (χ1n) is 8.54. The van der Waals surface area contributed by atoms with E-state index in [1.54, 1.807) is 12.3 Å². The van der Waals surface area contributed by atoms with Gasteiger partial charge in [-0.1, -0.05) is 0 Å². The summed E-state index contributed by atoms with van der Waals surface area (Å²) < 4.78 is 6.94. The van der Waals surface area contributed by atoms with Crippen LogP contribution in [0.15, 0.2) is 30.6 Å². The molecule has 0 aliphatic carbocycles. The van der Waals surface area contributed by atoms with Gasteiger partial charge in [0.15, 0.2) is 0 Å². The molecule has 0 radical (unpaired) electrons. The lowest BCUT2D eigenvalue weighted by Gasteiger charge is -2.35. The molecule has 2 heterocycles. The van der Waals surface area contributed by atoms with E-state index in [1.807, 2.05) is 22.7 Å². The van der Waals surface area contributed by atoms with E-state index in [0.29, 0.717) is 18.8 Å². The molecule has 1 aromatic heterocycles. The van der Waals surface area contributed by atoms with Crippen molar-refractivity contribution in [2.45, 2.75) is 6.04 Å². The van der Waals surface area contributed by atoms with E-state index in [4.69, 9.17) is 4.74 Å². The number of nitrogens with one attached hydrogen (secondary N) is 2. The molecule has 1 saturated heterocycles. The summed E-state index contributed by atoms with van der Waals surface area (Å²) in [5.74, 6) is 0.909. The third-order valence-electron chi connectivity index (χ3n) is 4.53. The summed E-state index contributed by atoms with van der Waals surface area (Å²) in [6.45, 7) is 2.23. The topological polar surface area (TPSA) is 115 Å². The third kappa shape index (κ3) is 4.23. The van der Waals surface area contributed by atoms with E-state index in [0.717, 1.165) is 12.4 Å². The number of amides is 1. The van der Waals surface area contributed by atoms with Crippen LogP contribution in [0.25, 0.3) is 0 Å². The fraction of sp³-hybridized carbons (Fsp3) is 0.412. The first kappa shape index (κ1) is 18.8. The molecule has 3 rings (SSSR count). The Morgan fingerprint density at radius 2 is 2.33 bits per heavy atom. The Labute approximate surface area is 156 Å². The van der Waals surface area contributed by atoms with Crippen LogP contribution in [0, 0.1) is 10.1 Å². The highest BCUT2D eigenvalue weighted by Crippen LogP contribution is 2.29. The van der Waals surface area contributed by atoms with Crippen LogP contribution in [0.4, 0.5) is 11.4 Å². The standard InChI is InChI=1S/C17H22N6O4/c1-21-7-6-19-17(21)15-10-18-5-8-22(15)11-16(24)20-13-4-3-12(27-2)9-14(13)23(25)26/h3-4,6-7,9,15,18H,5,8,10-11H2,1-2H3,(H,20,24). The maximum atomic E-state index is 12.6. The molecule has 144 valence electrons. The highest BCUT2D eigenvalue weighted by Gasteiger charge is 2.28. The number of nitrogens with zero attached hydrogens (tertiary/aromatic N) is 4. The third-order valence-corrected chi connectivity index (χ3v) is 4.53. The Hall–Kier alpha value is -2.98.